The van der Waals surface area contributed by atoms with Crippen molar-refractivity contribution in [3.05, 3.63) is 0 Å². The van der Waals surface area contributed by atoms with Crippen molar-refractivity contribution in [2.75, 3.05) is 0 Å². The molecule has 1 rings (SSSR count). The van der Waals surface area contributed by atoms with E-state index in [1.54, 1.807) is 0 Å². The summed E-state index contributed by atoms with van der Waals surface area (Å²) in [6.07, 6.45) is 10.5. The van der Waals surface area contributed by atoms with E-state index in [4.69, 9.17) is 7.85 Å². The van der Waals surface area contributed by atoms with Gasteiger partial charge in [-0.05, 0) is 17.3 Å². The van der Waals surface area contributed by atoms with Gasteiger partial charge in [-0.25, -0.2) is 0 Å². The predicted molar refractivity (Wildman–Crippen MR) is 78.6 cm³/mol. The number of hydrogen-bond donors (Lipinski definition) is 0. The molecular weight excluding hydrogens is 203 g/mol. The minimum absolute atomic E-state index is 0.0563. The van der Waals surface area contributed by atoms with Gasteiger partial charge in [-0.15, -0.1) is 0 Å². The van der Waals surface area contributed by atoms with Gasteiger partial charge in [0.05, 0.1) is 7.85 Å². The monoisotopic (exact) mass is 234 g/mol. The number of hydrogen-bond acceptors (Lipinski definition) is 0. The molecule has 1 aliphatic rings. The average molecular weight is 234 g/mol. The van der Waals surface area contributed by atoms with Gasteiger partial charge < -0.3 is 0 Å². The van der Waals surface area contributed by atoms with Gasteiger partial charge in [0, 0.05) is 0 Å². The second kappa shape index (κ2) is 5.37. The normalized spacial score (nSPS) is 22.9. The van der Waals surface area contributed by atoms with E-state index in [9.17, 15) is 0 Å². The zero-order chi connectivity index (χ0) is 13.2. The molecular formula is C16H31B. The maximum absolute atomic E-state index is 6.81. The van der Waals surface area contributed by atoms with Gasteiger partial charge >= 0.3 is 0 Å². The molecule has 98 valence electrons. The van der Waals surface area contributed by atoms with Crippen LogP contribution in [-0.4, -0.2) is 7.85 Å². The summed E-state index contributed by atoms with van der Waals surface area (Å²) in [5, 5.41) is 0.0563. The maximum atomic E-state index is 6.81. The molecule has 2 radical (unpaired) electrons. The fourth-order valence-electron chi connectivity index (χ4n) is 3.71. The van der Waals surface area contributed by atoms with Crippen molar-refractivity contribution in [3.8, 4) is 0 Å². The SMILES string of the molecule is [B]C1(C(C)(C)CC(C)(C)C)CCCCCCC1. The van der Waals surface area contributed by atoms with Crippen LogP contribution in [0.5, 0.6) is 0 Å². The van der Waals surface area contributed by atoms with Gasteiger partial charge in [-0.3, -0.25) is 0 Å². The van der Waals surface area contributed by atoms with Crippen molar-refractivity contribution in [3.63, 3.8) is 0 Å². The molecule has 0 bridgehead atoms. The molecule has 0 aromatic heterocycles. The summed E-state index contributed by atoms with van der Waals surface area (Å²) in [5.74, 6) is 0. The highest BCUT2D eigenvalue weighted by molar-refractivity contribution is 6.15. The van der Waals surface area contributed by atoms with Crippen molar-refractivity contribution < 1.29 is 0 Å². The van der Waals surface area contributed by atoms with Crippen LogP contribution in [0.1, 0.15) is 86.0 Å². The molecule has 17 heavy (non-hydrogen) atoms. The first-order valence-corrected chi connectivity index (χ1v) is 7.45. The quantitative estimate of drug-likeness (QED) is 0.552. The first-order valence-electron chi connectivity index (χ1n) is 7.45. The van der Waals surface area contributed by atoms with Crippen LogP contribution in [-0.2, 0) is 0 Å². The lowest BCUT2D eigenvalue weighted by molar-refractivity contribution is 0.122. The number of rotatable bonds is 2. The van der Waals surface area contributed by atoms with E-state index in [-0.39, 0.29) is 10.7 Å². The van der Waals surface area contributed by atoms with Gasteiger partial charge in [0.15, 0.2) is 0 Å². The van der Waals surface area contributed by atoms with Gasteiger partial charge in [-0.1, -0.05) is 84.9 Å². The third-order valence-electron chi connectivity index (χ3n) is 4.57. The van der Waals surface area contributed by atoms with Gasteiger partial charge in [0.2, 0.25) is 0 Å². The lowest BCUT2D eigenvalue weighted by Crippen LogP contribution is -2.36. The van der Waals surface area contributed by atoms with Crippen LogP contribution in [0.3, 0.4) is 0 Å². The van der Waals surface area contributed by atoms with E-state index < -0.39 is 0 Å². The fourth-order valence-corrected chi connectivity index (χ4v) is 3.71. The standard InChI is InChI=1S/C16H31B/c1-14(2,3)13-15(4,5)16(17)11-9-7-6-8-10-12-16/h6-13H2,1-5H3. The molecule has 0 atom stereocenters. The predicted octanol–water partition coefficient (Wildman–Crippen LogP) is 5.52. The zero-order valence-corrected chi connectivity index (χ0v) is 12.7. The minimum Gasteiger partial charge on any atom is -0.0610 e. The second-order valence-electron chi connectivity index (χ2n) is 8.05. The highest BCUT2D eigenvalue weighted by Gasteiger charge is 2.41. The summed E-state index contributed by atoms with van der Waals surface area (Å²) in [5.41, 5.74) is 0.626. The summed E-state index contributed by atoms with van der Waals surface area (Å²) in [4.78, 5) is 0. The van der Waals surface area contributed by atoms with E-state index >= 15 is 0 Å². The molecule has 1 fully saturated rings. The fraction of sp³-hybridized carbons (Fsp3) is 1.00. The van der Waals surface area contributed by atoms with Gasteiger partial charge in [0.25, 0.3) is 0 Å². The van der Waals surface area contributed by atoms with Crippen molar-refractivity contribution in [1.29, 1.82) is 0 Å². The minimum atomic E-state index is 0.0563. The molecule has 0 heterocycles. The van der Waals surface area contributed by atoms with Crippen LogP contribution in [0.4, 0.5) is 0 Å². The first kappa shape index (κ1) is 15.1. The third kappa shape index (κ3) is 4.34. The molecule has 0 spiro atoms. The maximum Gasteiger partial charge on any atom is 0.0753 e. The Bertz CT molecular complexity index is 226. The summed E-state index contributed by atoms with van der Waals surface area (Å²) in [7, 11) is 6.81. The van der Waals surface area contributed by atoms with Crippen LogP contribution >= 0.6 is 0 Å². The van der Waals surface area contributed by atoms with Gasteiger partial charge in [0.1, 0.15) is 0 Å². The Kier molecular flexibility index (Phi) is 4.77. The molecule has 1 saturated carbocycles. The summed E-state index contributed by atoms with van der Waals surface area (Å²) >= 11 is 0. The van der Waals surface area contributed by atoms with E-state index in [2.05, 4.69) is 34.6 Å². The average Bonchev–Trinajstić information content (AvgIpc) is 2.07. The Hall–Kier alpha value is 0.0649. The molecule has 0 amide bonds. The Labute approximate surface area is 110 Å². The Morgan fingerprint density at radius 3 is 1.65 bits per heavy atom. The van der Waals surface area contributed by atoms with E-state index in [1.165, 1.54) is 51.4 Å². The molecule has 0 aliphatic heterocycles. The molecule has 1 aliphatic carbocycles. The van der Waals surface area contributed by atoms with Crippen molar-refractivity contribution in [1.82, 2.24) is 0 Å². The third-order valence-corrected chi connectivity index (χ3v) is 4.57. The van der Waals surface area contributed by atoms with E-state index in [0.29, 0.717) is 5.41 Å². The zero-order valence-electron chi connectivity index (χ0n) is 12.7. The Morgan fingerprint density at radius 2 is 1.24 bits per heavy atom. The van der Waals surface area contributed by atoms with Crippen molar-refractivity contribution in [2.45, 2.75) is 91.3 Å². The van der Waals surface area contributed by atoms with Crippen LogP contribution in [0.25, 0.3) is 0 Å². The highest BCUT2D eigenvalue weighted by atomic mass is 14.4. The topological polar surface area (TPSA) is 0 Å². The molecule has 0 aromatic carbocycles. The lowest BCUT2D eigenvalue weighted by atomic mass is 9.47. The molecule has 0 aromatic rings. The smallest absolute Gasteiger partial charge is 0.0610 e. The second-order valence-corrected chi connectivity index (χ2v) is 8.05. The summed E-state index contributed by atoms with van der Waals surface area (Å²) in [6, 6.07) is 0. The summed E-state index contributed by atoms with van der Waals surface area (Å²) < 4.78 is 0. The molecule has 0 nitrogen and oxygen atoms in total. The van der Waals surface area contributed by atoms with Crippen molar-refractivity contribution >= 4 is 7.85 Å². The molecule has 0 N–H and O–H groups in total. The van der Waals surface area contributed by atoms with Crippen LogP contribution in [0.2, 0.25) is 5.31 Å². The van der Waals surface area contributed by atoms with Crippen LogP contribution in [0.15, 0.2) is 0 Å². The molecule has 1 heteroatoms. The first-order chi connectivity index (χ1) is 7.66. The molecule has 0 unspecified atom stereocenters. The van der Waals surface area contributed by atoms with Gasteiger partial charge in [-0.2, -0.15) is 0 Å². The van der Waals surface area contributed by atoms with Crippen molar-refractivity contribution in [2.24, 2.45) is 10.8 Å². The Morgan fingerprint density at radius 1 is 0.824 bits per heavy atom. The lowest BCUT2D eigenvalue weighted by Gasteiger charge is -2.49. The summed E-state index contributed by atoms with van der Waals surface area (Å²) in [6.45, 7) is 11.8. The van der Waals surface area contributed by atoms with Crippen LogP contribution < -0.4 is 0 Å². The largest absolute Gasteiger partial charge is 0.0753 e. The Balaban J connectivity index is 2.77. The van der Waals surface area contributed by atoms with E-state index in [1.807, 2.05) is 0 Å². The van der Waals surface area contributed by atoms with Crippen LogP contribution in [0, 0.1) is 10.8 Å². The van der Waals surface area contributed by atoms with E-state index in [0.717, 1.165) is 0 Å². The molecule has 0 saturated heterocycles. The highest BCUT2D eigenvalue weighted by Crippen LogP contribution is 2.56.